The number of carbonyl (C=O) groups excluding carboxylic acids is 1. The van der Waals surface area contributed by atoms with Crippen LogP contribution in [0.15, 0.2) is 41.0 Å². The van der Waals surface area contributed by atoms with Crippen LogP contribution in [-0.4, -0.2) is 10.9 Å². The van der Waals surface area contributed by atoms with Crippen LogP contribution in [0.25, 0.3) is 0 Å². The molecule has 0 saturated carbocycles. The van der Waals surface area contributed by atoms with Gasteiger partial charge < -0.3 is 5.32 Å². The van der Waals surface area contributed by atoms with E-state index in [-0.39, 0.29) is 5.69 Å². The second kappa shape index (κ2) is 5.83. The minimum atomic E-state index is -0.390. The number of rotatable bonds is 2. The fourth-order valence-electron chi connectivity index (χ4n) is 1.41. The van der Waals surface area contributed by atoms with Crippen molar-refractivity contribution in [3.8, 4) is 6.07 Å². The molecular weight excluding hydrogens is 330 g/mol. The molecule has 19 heavy (non-hydrogen) atoms. The predicted octanol–water partition coefficient (Wildman–Crippen LogP) is 3.62. The summed E-state index contributed by atoms with van der Waals surface area (Å²) in [7, 11) is 0. The molecule has 1 heterocycles. The zero-order chi connectivity index (χ0) is 13.8. The number of hydrogen-bond donors (Lipinski definition) is 1. The smallest absolute Gasteiger partial charge is 0.274 e. The Morgan fingerprint density at radius 2 is 2.16 bits per heavy atom. The van der Waals surface area contributed by atoms with Crippen LogP contribution < -0.4 is 5.32 Å². The van der Waals surface area contributed by atoms with E-state index in [1.54, 1.807) is 30.3 Å². The quantitative estimate of drug-likeness (QED) is 0.852. The van der Waals surface area contributed by atoms with E-state index in [1.807, 2.05) is 6.07 Å². The number of pyridine rings is 1. The monoisotopic (exact) mass is 335 g/mol. The zero-order valence-electron chi connectivity index (χ0n) is 9.52. The lowest BCUT2D eigenvalue weighted by Gasteiger charge is -2.07. The summed E-state index contributed by atoms with van der Waals surface area (Å²) in [4.78, 5) is 16.0. The van der Waals surface area contributed by atoms with Gasteiger partial charge in [0.05, 0.1) is 22.3 Å². The van der Waals surface area contributed by atoms with Crippen LogP contribution >= 0.6 is 27.5 Å². The summed E-state index contributed by atoms with van der Waals surface area (Å²) in [6, 6.07) is 11.6. The Kier molecular flexibility index (Phi) is 4.15. The van der Waals surface area contributed by atoms with E-state index >= 15 is 0 Å². The molecule has 94 valence electrons. The van der Waals surface area contributed by atoms with Gasteiger partial charge in [-0.1, -0.05) is 17.7 Å². The Morgan fingerprint density at radius 3 is 2.84 bits per heavy atom. The Hall–Kier alpha value is -1.90. The summed E-state index contributed by atoms with van der Waals surface area (Å²) in [6.07, 6.45) is 0. The standard InChI is InChI=1S/C13H7BrClN3O/c14-12-3-1-2-10(17-12)13(19)18-11-6-8(7-16)4-5-9(11)15/h1-6H,(H,18,19). The van der Waals surface area contributed by atoms with Gasteiger partial charge in [0, 0.05) is 0 Å². The van der Waals surface area contributed by atoms with E-state index in [4.69, 9.17) is 16.9 Å². The number of nitrogens with one attached hydrogen (secondary N) is 1. The molecule has 0 bridgehead atoms. The summed E-state index contributed by atoms with van der Waals surface area (Å²) in [5.41, 5.74) is 1.06. The molecule has 0 fully saturated rings. The Balaban J connectivity index is 2.27. The lowest BCUT2D eigenvalue weighted by Crippen LogP contribution is -2.14. The largest absolute Gasteiger partial charge is 0.319 e. The topological polar surface area (TPSA) is 65.8 Å². The molecule has 0 atom stereocenters. The first-order valence-corrected chi connectivity index (χ1v) is 6.41. The molecule has 1 aromatic carbocycles. The molecule has 0 spiro atoms. The molecule has 1 amide bonds. The van der Waals surface area contributed by atoms with E-state index in [2.05, 4.69) is 26.2 Å². The Labute approximate surface area is 123 Å². The van der Waals surface area contributed by atoms with Crippen LogP contribution in [0.2, 0.25) is 5.02 Å². The molecule has 0 radical (unpaired) electrons. The van der Waals surface area contributed by atoms with Crippen molar-refractivity contribution >= 4 is 39.1 Å². The number of halogens is 2. The molecule has 0 saturated heterocycles. The molecule has 0 aliphatic carbocycles. The third-order valence-electron chi connectivity index (χ3n) is 2.29. The maximum absolute atomic E-state index is 12.0. The number of nitrogens with zero attached hydrogens (tertiary/aromatic N) is 2. The highest BCUT2D eigenvalue weighted by Crippen LogP contribution is 2.23. The number of benzene rings is 1. The van der Waals surface area contributed by atoms with E-state index in [0.717, 1.165) is 0 Å². The molecule has 2 aromatic rings. The second-order valence-electron chi connectivity index (χ2n) is 3.61. The third-order valence-corrected chi connectivity index (χ3v) is 3.06. The van der Waals surface area contributed by atoms with Crippen molar-refractivity contribution in [2.75, 3.05) is 5.32 Å². The fourth-order valence-corrected chi connectivity index (χ4v) is 1.92. The molecule has 1 N–H and O–H groups in total. The van der Waals surface area contributed by atoms with Crippen molar-refractivity contribution in [2.45, 2.75) is 0 Å². The maximum Gasteiger partial charge on any atom is 0.274 e. The Morgan fingerprint density at radius 1 is 1.37 bits per heavy atom. The van der Waals surface area contributed by atoms with Crippen LogP contribution in [0.3, 0.4) is 0 Å². The molecule has 6 heteroatoms. The van der Waals surface area contributed by atoms with Crippen molar-refractivity contribution in [2.24, 2.45) is 0 Å². The number of carbonyl (C=O) groups is 1. The van der Waals surface area contributed by atoms with Crippen LogP contribution in [0.4, 0.5) is 5.69 Å². The van der Waals surface area contributed by atoms with Gasteiger partial charge in [-0.2, -0.15) is 5.26 Å². The van der Waals surface area contributed by atoms with Crippen LogP contribution in [0.5, 0.6) is 0 Å². The van der Waals surface area contributed by atoms with Gasteiger partial charge in [-0.05, 0) is 46.3 Å². The average Bonchev–Trinajstić information content (AvgIpc) is 2.41. The normalized spacial score (nSPS) is 9.74. The van der Waals surface area contributed by atoms with E-state index < -0.39 is 5.91 Å². The van der Waals surface area contributed by atoms with Gasteiger partial charge in [-0.3, -0.25) is 4.79 Å². The van der Waals surface area contributed by atoms with Gasteiger partial charge in [-0.15, -0.1) is 0 Å². The molecule has 4 nitrogen and oxygen atoms in total. The van der Waals surface area contributed by atoms with Crippen molar-refractivity contribution in [3.05, 3.63) is 57.3 Å². The van der Waals surface area contributed by atoms with E-state index in [1.165, 1.54) is 6.07 Å². The third kappa shape index (κ3) is 3.31. The highest BCUT2D eigenvalue weighted by molar-refractivity contribution is 9.10. The van der Waals surface area contributed by atoms with Gasteiger partial charge in [-0.25, -0.2) is 4.98 Å². The number of amides is 1. The minimum absolute atomic E-state index is 0.257. The molecule has 0 aliphatic heterocycles. The molecule has 1 aromatic heterocycles. The van der Waals surface area contributed by atoms with Crippen LogP contribution in [0, 0.1) is 11.3 Å². The van der Waals surface area contributed by atoms with Crippen LogP contribution in [-0.2, 0) is 0 Å². The summed E-state index contributed by atoms with van der Waals surface area (Å²) >= 11 is 9.16. The fraction of sp³-hybridized carbons (Fsp3) is 0. The van der Waals surface area contributed by atoms with Crippen LogP contribution in [0.1, 0.15) is 16.1 Å². The highest BCUT2D eigenvalue weighted by atomic mass is 79.9. The van der Waals surface area contributed by atoms with Crippen molar-refractivity contribution in [3.63, 3.8) is 0 Å². The van der Waals surface area contributed by atoms with Crippen molar-refractivity contribution < 1.29 is 4.79 Å². The van der Waals surface area contributed by atoms with Gasteiger partial charge in [0.1, 0.15) is 10.3 Å². The van der Waals surface area contributed by atoms with Gasteiger partial charge in [0.25, 0.3) is 5.91 Å². The first-order chi connectivity index (χ1) is 9.10. The molecule has 2 rings (SSSR count). The second-order valence-corrected chi connectivity index (χ2v) is 4.83. The van der Waals surface area contributed by atoms with E-state index in [0.29, 0.717) is 20.9 Å². The lowest BCUT2D eigenvalue weighted by atomic mass is 10.2. The number of nitriles is 1. The number of anilines is 1. The first-order valence-electron chi connectivity index (χ1n) is 5.23. The first kappa shape index (κ1) is 13.5. The SMILES string of the molecule is N#Cc1ccc(Cl)c(NC(=O)c2cccc(Br)n2)c1. The lowest BCUT2D eigenvalue weighted by molar-refractivity contribution is 0.102. The Bertz CT molecular complexity index is 682. The summed E-state index contributed by atoms with van der Waals surface area (Å²) < 4.78 is 0.567. The zero-order valence-corrected chi connectivity index (χ0v) is 11.9. The molecular formula is C13H7BrClN3O. The summed E-state index contributed by atoms with van der Waals surface area (Å²) in [5, 5.41) is 11.8. The number of hydrogen-bond acceptors (Lipinski definition) is 3. The highest BCUT2D eigenvalue weighted by Gasteiger charge is 2.10. The van der Waals surface area contributed by atoms with Crippen molar-refractivity contribution in [1.82, 2.24) is 4.98 Å². The van der Waals surface area contributed by atoms with E-state index in [9.17, 15) is 4.79 Å². The number of aromatic nitrogens is 1. The van der Waals surface area contributed by atoms with Gasteiger partial charge >= 0.3 is 0 Å². The van der Waals surface area contributed by atoms with Gasteiger partial charge in [0.2, 0.25) is 0 Å². The van der Waals surface area contributed by atoms with Crippen molar-refractivity contribution in [1.29, 1.82) is 5.26 Å². The molecule has 0 unspecified atom stereocenters. The summed E-state index contributed by atoms with van der Waals surface area (Å²) in [5.74, 6) is -0.390. The maximum atomic E-state index is 12.0. The van der Waals surface area contributed by atoms with Gasteiger partial charge in [0.15, 0.2) is 0 Å². The predicted molar refractivity (Wildman–Crippen MR) is 76.1 cm³/mol. The minimum Gasteiger partial charge on any atom is -0.319 e. The molecule has 0 aliphatic rings. The summed E-state index contributed by atoms with van der Waals surface area (Å²) in [6.45, 7) is 0. The average molecular weight is 337 g/mol.